The lowest BCUT2D eigenvalue weighted by molar-refractivity contribution is -0.385. The molecule has 0 unspecified atom stereocenters. The standard InChI is InChI=1S/C28H21ClF3N3O5/c1-3-5-18-12-17(13-19(16-33)27(36)34-22-9-7-21(29)8-10-22)14-25(39-4-2)26(18)40-24-11-6-20(28(30,31)32)15-23(24)35(37)38/h3,6-15H,1,4-5H2,2H3,(H,34,36)/b19-13+. The van der Waals surface area contributed by atoms with Crippen molar-refractivity contribution < 1.29 is 32.4 Å². The van der Waals surface area contributed by atoms with E-state index in [1.807, 2.05) is 6.07 Å². The Morgan fingerprint density at radius 3 is 2.45 bits per heavy atom. The number of hydrogen-bond donors (Lipinski definition) is 1. The summed E-state index contributed by atoms with van der Waals surface area (Å²) in [6.45, 7) is 5.48. The summed E-state index contributed by atoms with van der Waals surface area (Å²) in [7, 11) is 0. The van der Waals surface area contributed by atoms with Crippen LogP contribution in [0.15, 0.2) is 72.8 Å². The number of nitro benzene ring substituents is 1. The minimum atomic E-state index is -4.79. The van der Waals surface area contributed by atoms with Crippen LogP contribution in [0.1, 0.15) is 23.6 Å². The Bertz CT molecular complexity index is 1510. The number of halogens is 4. The van der Waals surface area contributed by atoms with Crippen LogP contribution in [-0.4, -0.2) is 17.4 Å². The number of carbonyl (C=O) groups is 1. The van der Waals surface area contributed by atoms with Crippen molar-refractivity contribution in [2.75, 3.05) is 11.9 Å². The van der Waals surface area contributed by atoms with Crippen molar-refractivity contribution in [2.45, 2.75) is 19.5 Å². The summed E-state index contributed by atoms with van der Waals surface area (Å²) in [4.78, 5) is 23.3. The molecule has 0 radical (unpaired) electrons. The molecule has 0 spiro atoms. The first-order valence-electron chi connectivity index (χ1n) is 11.6. The molecule has 0 fully saturated rings. The summed E-state index contributed by atoms with van der Waals surface area (Å²) in [5.41, 5.74) is -1.18. The highest BCUT2D eigenvalue weighted by Crippen LogP contribution is 2.42. The molecule has 0 heterocycles. The summed E-state index contributed by atoms with van der Waals surface area (Å²) in [6, 6.07) is 13.0. The number of anilines is 1. The summed E-state index contributed by atoms with van der Waals surface area (Å²) in [6.07, 6.45) is -1.82. The van der Waals surface area contributed by atoms with Gasteiger partial charge in [-0.25, -0.2) is 0 Å². The van der Waals surface area contributed by atoms with E-state index in [9.17, 15) is 33.3 Å². The van der Waals surface area contributed by atoms with Crippen molar-refractivity contribution in [2.24, 2.45) is 0 Å². The van der Waals surface area contributed by atoms with Gasteiger partial charge in [0.05, 0.1) is 17.1 Å². The van der Waals surface area contributed by atoms with Gasteiger partial charge in [-0.3, -0.25) is 14.9 Å². The van der Waals surface area contributed by atoms with Gasteiger partial charge in [0.15, 0.2) is 11.5 Å². The molecule has 3 rings (SSSR count). The van der Waals surface area contributed by atoms with E-state index in [0.29, 0.717) is 34.0 Å². The molecular weight excluding hydrogens is 551 g/mol. The predicted octanol–water partition coefficient (Wildman–Crippen LogP) is 7.73. The molecule has 0 aromatic heterocycles. The number of benzene rings is 3. The molecule has 0 saturated heterocycles. The number of nitrogens with zero attached hydrogens (tertiary/aromatic N) is 2. The third kappa shape index (κ3) is 7.39. The van der Waals surface area contributed by atoms with Crippen LogP contribution in [0.5, 0.6) is 17.2 Å². The zero-order chi connectivity index (χ0) is 29.4. The van der Waals surface area contributed by atoms with Crippen LogP contribution in [0.4, 0.5) is 24.5 Å². The molecule has 40 heavy (non-hydrogen) atoms. The van der Waals surface area contributed by atoms with Crippen molar-refractivity contribution >= 4 is 35.0 Å². The van der Waals surface area contributed by atoms with Crippen molar-refractivity contribution in [1.82, 2.24) is 0 Å². The van der Waals surface area contributed by atoms with E-state index in [1.54, 1.807) is 37.3 Å². The Balaban J connectivity index is 2.06. The van der Waals surface area contributed by atoms with Gasteiger partial charge >= 0.3 is 11.9 Å². The Labute approximate surface area is 232 Å². The summed E-state index contributed by atoms with van der Waals surface area (Å²) >= 11 is 5.86. The van der Waals surface area contributed by atoms with E-state index in [-0.39, 0.29) is 30.1 Å². The number of amides is 1. The fraction of sp³-hybridized carbons (Fsp3) is 0.143. The molecule has 12 heteroatoms. The quantitative estimate of drug-likeness (QED) is 0.0875. The lowest BCUT2D eigenvalue weighted by atomic mass is 10.0. The summed E-state index contributed by atoms with van der Waals surface area (Å²) in [5, 5.41) is 24.2. The number of nitriles is 1. The van der Waals surface area contributed by atoms with Crippen LogP contribution >= 0.6 is 11.6 Å². The largest absolute Gasteiger partial charge is 0.490 e. The Morgan fingerprint density at radius 2 is 1.88 bits per heavy atom. The van der Waals surface area contributed by atoms with Gasteiger partial charge in [0, 0.05) is 22.3 Å². The smallest absolute Gasteiger partial charge is 0.416 e. The van der Waals surface area contributed by atoms with Gasteiger partial charge in [0.1, 0.15) is 11.6 Å². The molecule has 3 aromatic rings. The van der Waals surface area contributed by atoms with E-state index >= 15 is 0 Å². The van der Waals surface area contributed by atoms with Gasteiger partial charge in [0.2, 0.25) is 5.75 Å². The number of nitrogens with one attached hydrogen (secondary N) is 1. The summed E-state index contributed by atoms with van der Waals surface area (Å²) < 4.78 is 50.8. The molecule has 0 aliphatic carbocycles. The van der Waals surface area contributed by atoms with Crippen LogP contribution in [0.2, 0.25) is 5.02 Å². The molecule has 0 aliphatic heterocycles. The number of allylic oxidation sites excluding steroid dienone is 1. The Hall–Kier alpha value is -4.82. The predicted molar refractivity (Wildman–Crippen MR) is 143 cm³/mol. The van der Waals surface area contributed by atoms with Crippen molar-refractivity contribution in [3.63, 3.8) is 0 Å². The van der Waals surface area contributed by atoms with Crippen LogP contribution in [0.3, 0.4) is 0 Å². The van der Waals surface area contributed by atoms with Crippen LogP contribution < -0.4 is 14.8 Å². The van der Waals surface area contributed by atoms with Gasteiger partial charge in [-0.1, -0.05) is 17.7 Å². The molecule has 0 aliphatic rings. The maximum atomic E-state index is 13.1. The number of alkyl halides is 3. The molecule has 3 aromatic carbocycles. The second kappa shape index (κ2) is 12.8. The monoisotopic (exact) mass is 571 g/mol. The third-order valence-corrected chi connectivity index (χ3v) is 5.54. The number of nitro groups is 1. The average molecular weight is 572 g/mol. The van der Waals surface area contributed by atoms with Gasteiger partial charge in [0.25, 0.3) is 5.91 Å². The van der Waals surface area contributed by atoms with Crippen molar-refractivity contribution in [1.29, 1.82) is 5.26 Å². The zero-order valence-corrected chi connectivity index (χ0v) is 21.7. The van der Waals surface area contributed by atoms with E-state index in [2.05, 4.69) is 11.9 Å². The number of ether oxygens (including phenoxy) is 2. The van der Waals surface area contributed by atoms with Crippen LogP contribution in [0, 0.1) is 21.4 Å². The highest BCUT2D eigenvalue weighted by Gasteiger charge is 2.33. The first kappa shape index (κ1) is 29.7. The minimum absolute atomic E-state index is 0.00545. The first-order chi connectivity index (χ1) is 19.0. The van der Waals surface area contributed by atoms with Gasteiger partial charge < -0.3 is 14.8 Å². The van der Waals surface area contributed by atoms with E-state index in [0.717, 1.165) is 6.07 Å². The topological polar surface area (TPSA) is 114 Å². The fourth-order valence-electron chi connectivity index (χ4n) is 3.53. The molecule has 0 bridgehead atoms. The number of rotatable bonds is 10. The van der Waals surface area contributed by atoms with Crippen molar-refractivity contribution in [3.8, 4) is 23.3 Å². The van der Waals surface area contributed by atoms with Crippen molar-refractivity contribution in [3.05, 3.63) is 105 Å². The number of hydrogen-bond acceptors (Lipinski definition) is 6. The second-order valence-electron chi connectivity index (χ2n) is 8.10. The molecule has 206 valence electrons. The summed E-state index contributed by atoms with van der Waals surface area (Å²) in [5.74, 6) is -1.04. The van der Waals surface area contributed by atoms with Gasteiger partial charge in [-0.05, 0) is 73.5 Å². The molecule has 8 nitrogen and oxygen atoms in total. The molecule has 1 N–H and O–H groups in total. The van der Waals surface area contributed by atoms with Crippen LogP contribution in [-0.2, 0) is 17.4 Å². The van der Waals surface area contributed by atoms with Gasteiger partial charge in [-0.2, -0.15) is 18.4 Å². The van der Waals surface area contributed by atoms with E-state index in [1.165, 1.54) is 18.2 Å². The Kier molecular flexibility index (Phi) is 9.53. The number of carbonyl (C=O) groups excluding carboxylic acids is 1. The molecular formula is C28H21ClF3N3O5. The third-order valence-electron chi connectivity index (χ3n) is 5.29. The van der Waals surface area contributed by atoms with E-state index in [4.69, 9.17) is 21.1 Å². The second-order valence-corrected chi connectivity index (χ2v) is 8.54. The highest BCUT2D eigenvalue weighted by molar-refractivity contribution is 6.30. The Morgan fingerprint density at radius 1 is 1.18 bits per heavy atom. The lowest BCUT2D eigenvalue weighted by Crippen LogP contribution is -2.13. The SMILES string of the molecule is C=CCc1cc(/C=C(\C#N)C(=O)Nc2ccc(Cl)cc2)cc(OCC)c1Oc1ccc(C(F)(F)F)cc1[N+](=O)[O-]. The minimum Gasteiger partial charge on any atom is -0.490 e. The lowest BCUT2D eigenvalue weighted by Gasteiger charge is -2.17. The molecule has 0 saturated carbocycles. The van der Waals surface area contributed by atoms with Gasteiger partial charge in [-0.15, -0.1) is 6.58 Å². The van der Waals surface area contributed by atoms with E-state index < -0.39 is 34.0 Å². The highest BCUT2D eigenvalue weighted by atomic mass is 35.5. The normalized spacial score (nSPS) is 11.3. The van der Waals surface area contributed by atoms with Crippen LogP contribution in [0.25, 0.3) is 6.08 Å². The average Bonchev–Trinajstić information content (AvgIpc) is 2.90. The zero-order valence-electron chi connectivity index (χ0n) is 20.9. The first-order valence-corrected chi connectivity index (χ1v) is 12.0. The molecule has 0 atom stereocenters. The maximum Gasteiger partial charge on any atom is 0.416 e. The fourth-order valence-corrected chi connectivity index (χ4v) is 3.66. The maximum absolute atomic E-state index is 13.1. The molecule has 1 amide bonds.